The number of rotatable bonds is 5. The van der Waals surface area contributed by atoms with Crippen molar-refractivity contribution >= 4 is 21.6 Å². The Morgan fingerprint density at radius 2 is 1.83 bits per heavy atom. The van der Waals surface area contributed by atoms with Crippen LogP contribution in [0.3, 0.4) is 0 Å². The maximum atomic E-state index is 12.2. The molecule has 6 nitrogen and oxygen atoms in total. The summed E-state index contributed by atoms with van der Waals surface area (Å²) in [5.41, 5.74) is 1.60. The van der Waals surface area contributed by atoms with E-state index in [0.717, 1.165) is 5.56 Å². The minimum atomic E-state index is -3.64. The molecular formula is C16H14ClN3O3S. The molecule has 1 N–H and O–H groups in total. The molecule has 0 aliphatic heterocycles. The Hall–Kier alpha value is -2.22. The molecule has 3 rings (SSSR count). The fraction of sp³-hybridized carbons (Fsp3) is 0.125. The molecule has 0 saturated heterocycles. The van der Waals surface area contributed by atoms with Crippen LogP contribution < -0.4 is 4.72 Å². The zero-order chi connectivity index (χ0) is 17.2. The molecule has 0 unspecified atom stereocenters. The molecule has 24 heavy (non-hydrogen) atoms. The van der Waals surface area contributed by atoms with Gasteiger partial charge in [0.1, 0.15) is 0 Å². The molecule has 0 radical (unpaired) electrons. The summed E-state index contributed by atoms with van der Waals surface area (Å²) in [4.78, 5) is 4.34. The molecule has 0 amide bonds. The van der Waals surface area contributed by atoms with Gasteiger partial charge in [-0.15, -0.1) is 0 Å². The first-order chi connectivity index (χ1) is 11.5. The van der Waals surface area contributed by atoms with E-state index in [1.807, 2.05) is 6.92 Å². The zero-order valence-electron chi connectivity index (χ0n) is 12.7. The molecule has 3 aromatic rings. The summed E-state index contributed by atoms with van der Waals surface area (Å²) in [5, 5.41) is 4.32. The van der Waals surface area contributed by atoms with Gasteiger partial charge in [0.15, 0.2) is 0 Å². The van der Waals surface area contributed by atoms with Gasteiger partial charge in [-0.3, -0.25) is 0 Å². The standard InChI is InChI=1S/C16H14ClN3O3S/c1-11-6-8-12(9-7-11)24(21,22)18-10-15-19-16(20-23-15)13-4-2-3-5-14(13)17/h2-9,18H,10H2,1H3. The van der Waals surface area contributed by atoms with Gasteiger partial charge in [0, 0.05) is 5.56 Å². The molecule has 1 aromatic heterocycles. The lowest BCUT2D eigenvalue weighted by Gasteiger charge is -2.04. The molecule has 0 fully saturated rings. The van der Waals surface area contributed by atoms with E-state index in [4.69, 9.17) is 16.1 Å². The van der Waals surface area contributed by atoms with Gasteiger partial charge in [-0.1, -0.05) is 46.6 Å². The maximum Gasteiger partial charge on any atom is 0.242 e. The van der Waals surface area contributed by atoms with Crippen molar-refractivity contribution < 1.29 is 12.9 Å². The van der Waals surface area contributed by atoms with Crippen LogP contribution in [0, 0.1) is 6.92 Å². The molecule has 8 heteroatoms. The first kappa shape index (κ1) is 16.6. The van der Waals surface area contributed by atoms with Gasteiger partial charge >= 0.3 is 0 Å². The van der Waals surface area contributed by atoms with Crippen LogP contribution in [-0.4, -0.2) is 18.6 Å². The van der Waals surface area contributed by atoms with Gasteiger partial charge in [-0.2, -0.15) is 4.98 Å². The van der Waals surface area contributed by atoms with E-state index < -0.39 is 10.0 Å². The molecule has 124 valence electrons. The van der Waals surface area contributed by atoms with E-state index in [0.29, 0.717) is 16.4 Å². The fourth-order valence-corrected chi connectivity index (χ4v) is 3.23. The third-order valence-electron chi connectivity index (χ3n) is 3.33. The summed E-state index contributed by atoms with van der Waals surface area (Å²) in [6.45, 7) is 1.78. The molecular weight excluding hydrogens is 350 g/mol. The molecule has 0 spiro atoms. The number of benzene rings is 2. The Kier molecular flexibility index (Phi) is 4.66. The van der Waals surface area contributed by atoms with E-state index in [-0.39, 0.29) is 17.3 Å². The topological polar surface area (TPSA) is 85.1 Å². The highest BCUT2D eigenvalue weighted by Crippen LogP contribution is 2.24. The van der Waals surface area contributed by atoms with E-state index in [1.54, 1.807) is 48.5 Å². The minimum absolute atomic E-state index is 0.104. The monoisotopic (exact) mass is 363 g/mol. The van der Waals surface area contributed by atoms with Crippen molar-refractivity contribution in [3.05, 3.63) is 65.0 Å². The van der Waals surface area contributed by atoms with Gasteiger partial charge in [0.2, 0.25) is 21.7 Å². The second kappa shape index (κ2) is 6.72. The molecule has 0 aliphatic rings. The highest BCUT2D eigenvalue weighted by molar-refractivity contribution is 7.89. The predicted octanol–water partition coefficient (Wildman–Crippen LogP) is 3.18. The first-order valence-corrected chi connectivity index (χ1v) is 8.96. The highest BCUT2D eigenvalue weighted by Gasteiger charge is 2.16. The summed E-state index contributed by atoms with van der Waals surface area (Å²) >= 11 is 6.08. The summed E-state index contributed by atoms with van der Waals surface area (Å²) < 4.78 is 32.0. The Morgan fingerprint density at radius 3 is 2.54 bits per heavy atom. The molecule has 0 bridgehead atoms. The van der Waals surface area contributed by atoms with E-state index in [2.05, 4.69) is 14.9 Å². The highest BCUT2D eigenvalue weighted by atomic mass is 35.5. The number of hydrogen-bond acceptors (Lipinski definition) is 5. The second-order valence-corrected chi connectivity index (χ2v) is 7.30. The predicted molar refractivity (Wildman–Crippen MR) is 89.9 cm³/mol. The lowest BCUT2D eigenvalue weighted by molar-refractivity contribution is 0.376. The summed E-state index contributed by atoms with van der Waals surface area (Å²) in [6.07, 6.45) is 0. The average molecular weight is 364 g/mol. The van der Waals surface area contributed by atoms with Gasteiger partial charge < -0.3 is 4.52 Å². The van der Waals surface area contributed by atoms with Crippen LogP contribution in [0.2, 0.25) is 5.02 Å². The third kappa shape index (κ3) is 3.64. The minimum Gasteiger partial charge on any atom is -0.338 e. The Bertz CT molecular complexity index is 953. The van der Waals surface area contributed by atoms with Gasteiger partial charge in [-0.25, -0.2) is 13.1 Å². The molecule has 2 aromatic carbocycles. The SMILES string of the molecule is Cc1ccc(S(=O)(=O)NCc2nc(-c3ccccc3Cl)no2)cc1. The Morgan fingerprint density at radius 1 is 1.12 bits per heavy atom. The van der Waals surface area contributed by atoms with Crippen molar-refractivity contribution in [1.29, 1.82) is 0 Å². The number of sulfonamides is 1. The smallest absolute Gasteiger partial charge is 0.242 e. The number of nitrogens with one attached hydrogen (secondary N) is 1. The van der Waals surface area contributed by atoms with Crippen LogP contribution in [0.5, 0.6) is 0 Å². The first-order valence-electron chi connectivity index (χ1n) is 7.09. The summed E-state index contributed by atoms with van der Waals surface area (Å²) in [7, 11) is -3.64. The molecule has 0 saturated carbocycles. The Labute approximate surface area is 144 Å². The second-order valence-electron chi connectivity index (χ2n) is 5.13. The lowest BCUT2D eigenvalue weighted by atomic mass is 10.2. The number of halogens is 1. The van der Waals surface area contributed by atoms with Crippen molar-refractivity contribution in [2.75, 3.05) is 0 Å². The average Bonchev–Trinajstić information content (AvgIpc) is 3.03. The van der Waals surface area contributed by atoms with Gasteiger partial charge in [0.05, 0.1) is 16.5 Å². The molecule has 0 aliphatic carbocycles. The van der Waals surface area contributed by atoms with Gasteiger partial charge in [0.25, 0.3) is 0 Å². The number of aromatic nitrogens is 2. The number of aryl methyl sites for hydroxylation is 1. The van der Waals surface area contributed by atoms with Crippen LogP contribution in [0.15, 0.2) is 57.9 Å². The maximum absolute atomic E-state index is 12.2. The van der Waals surface area contributed by atoms with Crippen molar-refractivity contribution in [3.63, 3.8) is 0 Å². The molecule has 0 atom stereocenters. The van der Waals surface area contributed by atoms with Crippen LogP contribution in [0.25, 0.3) is 11.4 Å². The third-order valence-corrected chi connectivity index (χ3v) is 5.07. The van der Waals surface area contributed by atoms with Crippen molar-refractivity contribution in [2.45, 2.75) is 18.4 Å². The normalized spacial score (nSPS) is 11.6. The van der Waals surface area contributed by atoms with E-state index in [9.17, 15) is 8.42 Å². The quantitative estimate of drug-likeness (QED) is 0.752. The van der Waals surface area contributed by atoms with Crippen LogP contribution in [0.4, 0.5) is 0 Å². The van der Waals surface area contributed by atoms with Gasteiger partial charge in [-0.05, 0) is 31.2 Å². The summed E-state index contributed by atoms with van der Waals surface area (Å²) in [6, 6.07) is 13.6. The zero-order valence-corrected chi connectivity index (χ0v) is 14.3. The van der Waals surface area contributed by atoms with E-state index in [1.165, 1.54) is 0 Å². The fourth-order valence-electron chi connectivity index (χ4n) is 2.04. The van der Waals surface area contributed by atoms with Crippen LogP contribution in [0.1, 0.15) is 11.5 Å². The largest absolute Gasteiger partial charge is 0.338 e. The van der Waals surface area contributed by atoms with E-state index >= 15 is 0 Å². The number of nitrogens with zero attached hydrogens (tertiary/aromatic N) is 2. The van der Waals surface area contributed by atoms with Crippen LogP contribution >= 0.6 is 11.6 Å². The van der Waals surface area contributed by atoms with Crippen molar-refractivity contribution in [3.8, 4) is 11.4 Å². The Balaban J connectivity index is 1.74. The number of hydrogen-bond donors (Lipinski definition) is 1. The van der Waals surface area contributed by atoms with Crippen molar-refractivity contribution in [2.24, 2.45) is 0 Å². The molecule has 1 heterocycles. The van der Waals surface area contributed by atoms with Crippen molar-refractivity contribution in [1.82, 2.24) is 14.9 Å². The lowest BCUT2D eigenvalue weighted by Crippen LogP contribution is -2.23. The summed E-state index contributed by atoms with van der Waals surface area (Å²) in [5.74, 6) is 0.464. The van der Waals surface area contributed by atoms with Crippen LogP contribution in [-0.2, 0) is 16.6 Å².